The van der Waals surface area contributed by atoms with Gasteiger partial charge in [-0.1, -0.05) is 11.2 Å². The molecule has 1 aliphatic heterocycles. The van der Waals surface area contributed by atoms with Crippen LogP contribution in [0, 0.1) is 0 Å². The van der Waals surface area contributed by atoms with Gasteiger partial charge in [0.1, 0.15) is 0 Å². The van der Waals surface area contributed by atoms with E-state index >= 15 is 0 Å². The number of hydrogen-bond donors (Lipinski definition) is 1. The van der Waals surface area contributed by atoms with Crippen molar-refractivity contribution in [2.75, 3.05) is 12.1 Å². The Balaban J connectivity index is 1.47. The maximum Gasteiger partial charge on any atom is 0.322 e. The summed E-state index contributed by atoms with van der Waals surface area (Å²) in [5, 5.41) is 12.3. The number of amides is 1. The molecule has 1 N–H and O–H groups in total. The second-order valence-corrected chi connectivity index (χ2v) is 5.82. The molecule has 0 unspecified atom stereocenters. The van der Waals surface area contributed by atoms with E-state index in [0.29, 0.717) is 23.0 Å². The Morgan fingerprint density at radius 1 is 1.22 bits per heavy atom. The summed E-state index contributed by atoms with van der Waals surface area (Å²) in [5.41, 5.74) is 0.695. The lowest BCUT2D eigenvalue weighted by Crippen LogP contribution is -2.13. The summed E-state index contributed by atoms with van der Waals surface area (Å²) >= 11 is 1.52. The summed E-state index contributed by atoms with van der Waals surface area (Å²) in [6.07, 6.45) is 0.277. The maximum absolute atomic E-state index is 11.9. The number of hydrogen-bond acceptors (Lipinski definition) is 7. The minimum atomic E-state index is -0.201. The van der Waals surface area contributed by atoms with Gasteiger partial charge in [0.2, 0.25) is 18.6 Å². The van der Waals surface area contributed by atoms with Crippen LogP contribution in [0.5, 0.6) is 11.5 Å². The molecule has 0 radical (unpaired) electrons. The van der Waals surface area contributed by atoms with Crippen molar-refractivity contribution in [3.05, 3.63) is 40.6 Å². The van der Waals surface area contributed by atoms with E-state index in [1.54, 1.807) is 18.2 Å². The molecule has 1 aromatic carbocycles. The molecule has 1 aliphatic rings. The van der Waals surface area contributed by atoms with Gasteiger partial charge in [-0.3, -0.25) is 10.1 Å². The first-order valence-electron chi connectivity index (χ1n) is 6.84. The van der Waals surface area contributed by atoms with E-state index in [1.165, 1.54) is 11.3 Å². The monoisotopic (exact) mass is 329 g/mol. The fourth-order valence-corrected chi connectivity index (χ4v) is 2.86. The van der Waals surface area contributed by atoms with Crippen LogP contribution < -0.4 is 14.8 Å². The van der Waals surface area contributed by atoms with Gasteiger partial charge < -0.3 is 13.9 Å². The average molecular weight is 329 g/mol. The van der Waals surface area contributed by atoms with Crippen LogP contribution in [0.2, 0.25) is 0 Å². The topological polar surface area (TPSA) is 86.5 Å². The SMILES string of the molecule is O=C(Cc1cccs1)Nc1nnc(-c2ccc3c(c2)OCO3)o1. The first-order chi connectivity index (χ1) is 11.3. The second-order valence-electron chi connectivity index (χ2n) is 4.78. The fourth-order valence-electron chi connectivity index (χ4n) is 2.15. The van der Waals surface area contributed by atoms with E-state index < -0.39 is 0 Å². The third-order valence-corrected chi connectivity index (χ3v) is 4.08. The Kier molecular flexibility index (Phi) is 3.43. The smallest absolute Gasteiger partial charge is 0.322 e. The molecule has 4 rings (SSSR count). The average Bonchev–Trinajstić information content (AvgIpc) is 3.27. The van der Waals surface area contributed by atoms with Crippen molar-refractivity contribution in [3.63, 3.8) is 0 Å². The molecule has 0 fully saturated rings. The third kappa shape index (κ3) is 2.88. The van der Waals surface area contributed by atoms with Gasteiger partial charge in [-0.25, -0.2) is 0 Å². The highest BCUT2D eigenvalue weighted by Crippen LogP contribution is 2.35. The number of benzene rings is 1. The van der Waals surface area contributed by atoms with Crippen molar-refractivity contribution < 1.29 is 18.7 Å². The van der Waals surface area contributed by atoms with Crippen LogP contribution in [0.15, 0.2) is 40.1 Å². The second kappa shape index (κ2) is 5.73. The number of thiophene rings is 1. The largest absolute Gasteiger partial charge is 0.454 e. The maximum atomic E-state index is 11.9. The van der Waals surface area contributed by atoms with Crippen LogP contribution in [0.3, 0.4) is 0 Å². The van der Waals surface area contributed by atoms with Gasteiger partial charge in [-0.2, -0.15) is 0 Å². The Morgan fingerprint density at radius 2 is 2.13 bits per heavy atom. The van der Waals surface area contributed by atoms with Crippen LogP contribution in [0.4, 0.5) is 6.01 Å². The molecule has 0 bridgehead atoms. The van der Waals surface area contributed by atoms with Gasteiger partial charge in [0.25, 0.3) is 0 Å². The van der Waals surface area contributed by atoms with Crippen molar-refractivity contribution in [1.29, 1.82) is 0 Å². The van der Waals surface area contributed by atoms with Crippen molar-refractivity contribution in [3.8, 4) is 23.0 Å². The molecule has 0 spiro atoms. The molecule has 3 aromatic rings. The Bertz CT molecular complexity index is 844. The Morgan fingerprint density at radius 3 is 3.00 bits per heavy atom. The van der Waals surface area contributed by atoms with Crippen molar-refractivity contribution >= 4 is 23.3 Å². The van der Waals surface area contributed by atoms with E-state index in [1.807, 2.05) is 17.5 Å². The molecule has 23 heavy (non-hydrogen) atoms. The number of nitrogens with one attached hydrogen (secondary N) is 1. The zero-order valence-corrected chi connectivity index (χ0v) is 12.6. The van der Waals surface area contributed by atoms with Gasteiger partial charge in [-0.05, 0) is 29.6 Å². The Labute approximate surface area is 134 Å². The molecule has 0 saturated carbocycles. The highest BCUT2D eigenvalue weighted by atomic mass is 32.1. The molecule has 7 nitrogen and oxygen atoms in total. The molecule has 0 atom stereocenters. The molecule has 3 heterocycles. The number of carbonyl (C=O) groups excluding carboxylic acids is 1. The van der Waals surface area contributed by atoms with Gasteiger partial charge in [0.15, 0.2) is 11.5 Å². The Hall–Kier alpha value is -2.87. The van der Waals surface area contributed by atoms with Crippen molar-refractivity contribution in [1.82, 2.24) is 10.2 Å². The molecule has 2 aromatic heterocycles. The summed E-state index contributed by atoms with van der Waals surface area (Å²) in [6, 6.07) is 9.19. The third-order valence-electron chi connectivity index (χ3n) is 3.21. The van der Waals surface area contributed by atoms with Gasteiger partial charge in [0.05, 0.1) is 6.42 Å². The van der Waals surface area contributed by atoms with Crippen LogP contribution in [0.1, 0.15) is 4.88 Å². The first kappa shape index (κ1) is 13.8. The van der Waals surface area contributed by atoms with E-state index in [4.69, 9.17) is 13.9 Å². The van der Waals surface area contributed by atoms with Gasteiger partial charge in [-0.15, -0.1) is 16.4 Å². The summed E-state index contributed by atoms with van der Waals surface area (Å²) in [4.78, 5) is 12.9. The van der Waals surface area contributed by atoms with Crippen LogP contribution >= 0.6 is 11.3 Å². The highest BCUT2D eigenvalue weighted by molar-refractivity contribution is 7.10. The van der Waals surface area contributed by atoms with E-state index in [9.17, 15) is 4.79 Å². The van der Waals surface area contributed by atoms with Crippen LogP contribution in [-0.2, 0) is 11.2 Å². The minimum absolute atomic E-state index is 0.0687. The summed E-state index contributed by atoms with van der Waals surface area (Å²) < 4.78 is 16.0. The van der Waals surface area contributed by atoms with Gasteiger partial charge >= 0.3 is 6.01 Å². The zero-order chi connectivity index (χ0) is 15.6. The minimum Gasteiger partial charge on any atom is -0.454 e. The first-order valence-corrected chi connectivity index (χ1v) is 7.72. The van der Waals surface area contributed by atoms with Crippen LogP contribution in [0.25, 0.3) is 11.5 Å². The summed E-state index contributed by atoms with van der Waals surface area (Å²) in [5.74, 6) is 1.41. The molecule has 0 saturated heterocycles. The number of aromatic nitrogens is 2. The van der Waals surface area contributed by atoms with E-state index in [-0.39, 0.29) is 25.1 Å². The van der Waals surface area contributed by atoms with Crippen molar-refractivity contribution in [2.45, 2.75) is 6.42 Å². The zero-order valence-electron chi connectivity index (χ0n) is 11.8. The quantitative estimate of drug-likeness (QED) is 0.792. The number of ether oxygens (including phenoxy) is 2. The number of fused-ring (bicyclic) bond motifs is 1. The van der Waals surface area contributed by atoms with Crippen LogP contribution in [-0.4, -0.2) is 22.9 Å². The molecular formula is C15H11N3O4S. The fraction of sp³-hybridized carbons (Fsp3) is 0.133. The number of carbonyl (C=O) groups is 1. The molecule has 1 amide bonds. The molecular weight excluding hydrogens is 318 g/mol. The van der Waals surface area contributed by atoms with Gasteiger partial charge in [0, 0.05) is 10.4 Å². The highest BCUT2D eigenvalue weighted by Gasteiger charge is 2.17. The van der Waals surface area contributed by atoms with E-state index in [2.05, 4.69) is 15.5 Å². The summed E-state index contributed by atoms with van der Waals surface area (Å²) in [7, 11) is 0. The molecule has 116 valence electrons. The molecule has 0 aliphatic carbocycles. The predicted molar refractivity (Wildman–Crippen MR) is 82.5 cm³/mol. The number of rotatable bonds is 4. The molecule has 8 heteroatoms. The van der Waals surface area contributed by atoms with E-state index in [0.717, 1.165) is 4.88 Å². The summed E-state index contributed by atoms with van der Waals surface area (Å²) in [6.45, 7) is 0.201. The number of nitrogens with zero attached hydrogens (tertiary/aromatic N) is 2. The lowest BCUT2D eigenvalue weighted by molar-refractivity contribution is -0.115. The predicted octanol–water partition coefficient (Wildman–Crippen LogP) is 2.71. The number of anilines is 1. The van der Waals surface area contributed by atoms with Crippen molar-refractivity contribution in [2.24, 2.45) is 0 Å². The normalized spacial score (nSPS) is 12.3. The lowest BCUT2D eigenvalue weighted by atomic mass is 10.2. The lowest BCUT2D eigenvalue weighted by Gasteiger charge is -1.99. The standard InChI is InChI=1S/C15H11N3O4S/c19-13(7-10-2-1-5-23-10)16-15-18-17-14(22-15)9-3-4-11-12(6-9)21-8-20-11/h1-6H,7-8H2,(H,16,18,19).